The van der Waals surface area contributed by atoms with Crippen LogP contribution in [-0.4, -0.2) is 39.2 Å². The number of tetrazole rings is 1. The molecule has 0 bridgehead atoms. The lowest BCUT2D eigenvalue weighted by Crippen LogP contribution is -2.22. The summed E-state index contributed by atoms with van der Waals surface area (Å²) >= 11 is 0. The number of hydrogen-bond donors (Lipinski definition) is 1. The Morgan fingerprint density at radius 1 is 1.30 bits per heavy atom. The fourth-order valence-electron chi connectivity index (χ4n) is 2.85. The van der Waals surface area contributed by atoms with Gasteiger partial charge in [-0.05, 0) is 47.4 Å². The van der Waals surface area contributed by atoms with Crippen molar-refractivity contribution in [1.29, 1.82) is 0 Å². The highest BCUT2D eigenvalue weighted by Gasteiger charge is 2.18. The van der Waals surface area contributed by atoms with Crippen LogP contribution in [-0.2, 0) is 4.79 Å². The molecule has 0 unspecified atom stereocenters. The number of aromatic nitrogens is 4. The van der Waals surface area contributed by atoms with E-state index in [-0.39, 0.29) is 5.91 Å². The van der Waals surface area contributed by atoms with E-state index < -0.39 is 0 Å². The van der Waals surface area contributed by atoms with Gasteiger partial charge in [-0.1, -0.05) is 13.8 Å². The van der Waals surface area contributed by atoms with Gasteiger partial charge in [-0.25, -0.2) is 4.68 Å². The Kier molecular flexibility index (Phi) is 4.55. The Morgan fingerprint density at radius 3 is 2.74 bits per heavy atom. The number of benzene rings is 1. The van der Waals surface area contributed by atoms with E-state index in [0.717, 1.165) is 30.2 Å². The zero-order chi connectivity index (χ0) is 16.2. The Bertz CT molecular complexity index is 661. The van der Waals surface area contributed by atoms with E-state index in [9.17, 15) is 4.79 Å². The summed E-state index contributed by atoms with van der Waals surface area (Å²) < 4.78 is 1.59. The summed E-state index contributed by atoms with van der Waals surface area (Å²) in [5.41, 5.74) is 2.72. The standard InChI is InChI=1S/C16H22N6O/c1-12(2)9-16(23)18-14-10-13(22-11-17-19-20-22)5-6-15(14)21-7-3-4-8-21/h5-6,10-12H,3-4,7-9H2,1-2H3,(H,18,23). The van der Waals surface area contributed by atoms with Gasteiger partial charge in [0.15, 0.2) is 0 Å². The number of rotatable bonds is 5. The van der Waals surface area contributed by atoms with Crippen LogP contribution in [0, 0.1) is 5.92 Å². The smallest absolute Gasteiger partial charge is 0.224 e. The molecule has 0 aliphatic carbocycles. The summed E-state index contributed by atoms with van der Waals surface area (Å²) in [7, 11) is 0. The molecule has 1 fully saturated rings. The highest BCUT2D eigenvalue weighted by atomic mass is 16.1. The van der Waals surface area contributed by atoms with Crippen LogP contribution in [0.1, 0.15) is 33.1 Å². The van der Waals surface area contributed by atoms with Crippen molar-refractivity contribution in [1.82, 2.24) is 20.2 Å². The van der Waals surface area contributed by atoms with Gasteiger partial charge in [-0.3, -0.25) is 4.79 Å². The molecule has 1 aliphatic rings. The lowest BCUT2D eigenvalue weighted by Gasteiger charge is -2.22. The summed E-state index contributed by atoms with van der Waals surface area (Å²) in [5, 5.41) is 14.3. The van der Waals surface area contributed by atoms with Gasteiger partial charge in [-0.15, -0.1) is 5.10 Å². The van der Waals surface area contributed by atoms with Gasteiger partial charge in [0.1, 0.15) is 6.33 Å². The van der Waals surface area contributed by atoms with E-state index in [1.54, 1.807) is 11.0 Å². The zero-order valence-corrected chi connectivity index (χ0v) is 13.6. The van der Waals surface area contributed by atoms with Crippen molar-refractivity contribution in [3.8, 4) is 5.69 Å². The first-order chi connectivity index (χ1) is 11.1. The van der Waals surface area contributed by atoms with Crippen LogP contribution in [0.2, 0.25) is 0 Å². The molecule has 0 atom stereocenters. The minimum absolute atomic E-state index is 0.0364. The number of carbonyl (C=O) groups excluding carboxylic acids is 1. The van der Waals surface area contributed by atoms with Crippen LogP contribution in [0.3, 0.4) is 0 Å². The van der Waals surface area contributed by atoms with Crippen molar-refractivity contribution in [2.75, 3.05) is 23.3 Å². The number of nitrogens with one attached hydrogen (secondary N) is 1. The molecule has 3 rings (SSSR count). The fourth-order valence-corrected chi connectivity index (χ4v) is 2.85. The molecule has 7 nitrogen and oxygen atoms in total. The predicted molar refractivity (Wildman–Crippen MR) is 88.7 cm³/mol. The molecule has 2 aromatic rings. The molecule has 0 saturated carbocycles. The molecule has 1 N–H and O–H groups in total. The van der Waals surface area contributed by atoms with Crippen molar-refractivity contribution >= 4 is 17.3 Å². The molecule has 2 heterocycles. The maximum Gasteiger partial charge on any atom is 0.224 e. The molecule has 1 aliphatic heterocycles. The SMILES string of the molecule is CC(C)CC(=O)Nc1cc(-n2cnnn2)ccc1N1CCCC1. The second-order valence-corrected chi connectivity index (χ2v) is 6.30. The second kappa shape index (κ2) is 6.76. The fraction of sp³-hybridized carbons (Fsp3) is 0.500. The molecule has 1 saturated heterocycles. The number of carbonyl (C=O) groups is 1. The Hall–Kier alpha value is -2.44. The minimum atomic E-state index is 0.0364. The lowest BCUT2D eigenvalue weighted by atomic mass is 10.1. The summed E-state index contributed by atoms with van der Waals surface area (Å²) in [5.74, 6) is 0.363. The molecular formula is C16H22N6O. The molecular weight excluding hydrogens is 292 g/mol. The molecule has 0 spiro atoms. The molecule has 1 amide bonds. The Labute approximate surface area is 135 Å². The topological polar surface area (TPSA) is 75.9 Å². The first-order valence-corrected chi connectivity index (χ1v) is 8.05. The van der Waals surface area contributed by atoms with E-state index in [2.05, 4.69) is 25.7 Å². The summed E-state index contributed by atoms with van der Waals surface area (Å²) in [4.78, 5) is 14.5. The second-order valence-electron chi connectivity index (χ2n) is 6.30. The Morgan fingerprint density at radius 2 is 2.09 bits per heavy atom. The van der Waals surface area contributed by atoms with Crippen LogP contribution >= 0.6 is 0 Å². The van der Waals surface area contributed by atoms with Gasteiger partial charge >= 0.3 is 0 Å². The molecule has 23 heavy (non-hydrogen) atoms. The van der Waals surface area contributed by atoms with Crippen LogP contribution in [0.25, 0.3) is 5.69 Å². The van der Waals surface area contributed by atoms with E-state index in [1.807, 2.05) is 32.0 Å². The molecule has 122 valence electrons. The van der Waals surface area contributed by atoms with Crippen molar-refractivity contribution in [3.63, 3.8) is 0 Å². The van der Waals surface area contributed by atoms with E-state index in [0.29, 0.717) is 12.3 Å². The first-order valence-electron chi connectivity index (χ1n) is 8.05. The third-order valence-corrected chi connectivity index (χ3v) is 3.91. The molecule has 1 aromatic carbocycles. The largest absolute Gasteiger partial charge is 0.370 e. The zero-order valence-electron chi connectivity index (χ0n) is 13.6. The highest BCUT2D eigenvalue weighted by molar-refractivity contribution is 5.95. The van der Waals surface area contributed by atoms with Gasteiger partial charge in [-0.2, -0.15) is 0 Å². The van der Waals surface area contributed by atoms with Crippen molar-refractivity contribution in [2.24, 2.45) is 5.92 Å². The number of amides is 1. The van der Waals surface area contributed by atoms with E-state index in [1.165, 1.54) is 12.8 Å². The average molecular weight is 314 g/mol. The first kappa shape index (κ1) is 15.5. The van der Waals surface area contributed by atoms with Crippen molar-refractivity contribution < 1.29 is 4.79 Å². The lowest BCUT2D eigenvalue weighted by molar-refractivity contribution is -0.116. The predicted octanol–water partition coefficient (Wildman–Crippen LogP) is 2.25. The summed E-state index contributed by atoms with van der Waals surface area (Å²) in [6, 6.07) is 5.94. The monoisotopic (exact) mass is 314 g/mol. The summed E-state index contributed by atoms with van der Waals surface area (Å²) in [6.07, 6.45) is 4.43. The third-order valence-electron chi connectivity index (χ3n) is 3.91. The summed E-state index contributed by atoms with van der Waals surface area (Å²) in [6.45, 7) is 6.13. The van der Waals surface area contributed by atoms with E-state index in [4.69, 9.17) is 0 Å². The van der Waals surface area contributed by atoms with Gasteiger partial charge in [0.25, 0.3) is 0 Å². The number of nitrogens with zero attached hydrogens (tertiary/aromatic N) is 5. The van der Waals surface area contributed by atoms with Gasteiger partial charge in [0.05, 0.1) is 17.1 Å². The van der Waals surface area contributed by atoms with Crippen LogP contribution < -0.4 is 10.2 Å². The van der Waals surface area contributed by atoms with Gasteiger partial charge < -0.3 is 10.2 Å². The van der Waals surface area contributed by atoms with E-state index >= 15 is 0 Å². The maximum absolute atomic E-state index is 12.2. The van der Waals surface area contributed by atoms with Gasteiger partial charge in [0, 0.05) is 19.5 Å². The highest BCUT2D eigenvalue weighted by Crippen LogP contribution is 2.31. The molecule has 7 heteroatoms. The van der Waals surface area contributed by atoms with Crippen molar-refractivity contribution in [2.45, 2.75) is 33.1 Å². The third kappa shape index (κ3) is 3.67. The number of hydrogen-bond acceptors (Lipinski definition) is 5. The molecule has 1 aromatic heterocycles. The Balaban J connectivity index is 1.90. The normalized spacial score (nSPS) is 14.5. The van der Waals surface area contributed by atoms with Crippen LogP contribution in [0.15, 0.2) is 24.5 Å². The quantitative estimate of drug-likeness (QED) is 0.916. The average Bonchev–Trinajstić information content (AvgIpc) is 3.20. The van der Waals surface area contributed by atoms with Crippen LogP contribution in [0.4, 0.5) is 11.4 Å². The number of anilines is 2. The minimum Gasteiger partial charge on any atom is -0.370 e. The maximum atomic E-state index is 12.2. The van der Waals surface area contributed by atoms with Crippen LogP contribution in [0.5, 0.6) is 0 Å². The molecule has 0 radical (unpaired) electrons. The van der Waals surface area contributed by atoms with Crippen molar-refractivity contribution in [3.05, 3.63) is 24.5 Å². The van der Waals surface area contributed by atoms with Gasteiger partial charge in [0.2, 0.25) is 5.91 Å².